The van der Waals surface area contributed by atoms with E-state index in [2.05, 4.69) is 29.3 Å². The van der Waals surface area contributed by atoms with Gasteiger partial charge in [-0.15, -0.1) is 0 Å². The molecule has 1 N–H and O–H groups in total. The largest absolute Gasteiger partial charge is 0.335 e. The number of aromatic nitrogens is 2. The Kier molecular flexibility index (Phi) is 4.39. The number of amides is 2. The quantitative estimate of drug-likeness (QED) is 0.853. The van der Waals surface area contributed by atoms with E-state index in [1.165, 1.54) is 10.9 Å². The summed E-state index contributed by atoms with van der Waals surface area (Å²) in [6.07, 6.45) is 5.26. The fourth-order valence-electron chi connectivity index (χ4n) is 3.51. The number of hydrogen-bond acceptors (Lipinski definition) is 4. The van der Waals surface area contributed by atoms with Crippen LogP contribution < -0.4 is 10.9 Å². The highest BCUT2D eigenvalue weighted by Crippen LogP contribution is 2.23. The van der Waals surface area contributed by atoms with Crippen LogP contribution >= 0.6 is 0 Å². The van der Waals surface area contributed by atoms with Gasteiger partial charge in [-0.2, -0.15) is 0 Å². The summed E-state index contributed by atoms with van der Waals surface area (Å²) in [6.45, 7) is 0.991. The van der Waals surface area contributed by atoms with Gasteiger partial charge in [-0.05, 0) is 39.8 Å². The molecule has 1 saturated carbocycles. The molecule has 1 aliphatic carbocycles. The van der Waals surface area contributed by atoms with E-state index in [4.69, 9.17) is 0 Å². The minimum atomic E-state index is -0.0393. The van der Waals surface area contributed by atoms with E-state index in [1.807, 2.05) is 0 Å². The highest BCUT2D eigenvalue weighted by molar-refractivity contribution is 5.74. The molecule has 0 aromatic carbocycles. The van der Waals surface area contributed by atoms with Crippen LogP contribution in [0, 0.1) is 0 Å². The third-order valence-electron chi connectivity index (χ3n) is 5.04. The number of fused-ring (bicyclic) bond motifs is 1. The van der Waals surface area contributed by atoms with Crippen LogP contribution in [0.2, 0.25) is 0 Å². The molecular formula is C16H25N5O2. The molecule has 23 heavy (non-hydrogen) atoms. The third-order valence-corrected chi connectivity index (χ3v) is 5.04. The monoisotopic (exact) mass is 319 g/mol. The maximum absolute atomic E-state index is 12.5. The summed E-state index contributed by atoms with van der Waals surface area (Å²) in [7, 11) is 5.88. The Morgan fingerprint density at radius 2 is 2.17 bits per heavy atom. The van der Waals surface area contributed by atoms with Gasteiger partial charge in [0.2, 0.25) is 0 Å². The lowest BCUT2D eigenvalue weighted by molar-refractivity contribution is 0.186. The maximum atomic E-state index is 12.5. The topological polar surface area (TPSA) is 70.5 Å². The molecule has 1 aromatic heterocycles. The zero-order chi connectivity index (χ0) is 16.6. The fraction of sp³-hybridized carbons (Fsp3) is 0.688. The smallest absolute Gasteiger partial charge is 0.317 e. The minimum absolute atomic E-state index is 0.000300. The van der Waals surface area contributed by atoms with Crippen LogP contribution in [0.15, 0.2) is 11.1 Å². The van der Waals surface area contributed by atoms with E-state index in [0.29, 0.717) is 25.6 Å². The molecule has 1 aliphatic heterocycles. The SMILES string of the molecule is CN(C)[C@@H]1CC[C@@H](NC(=O)N2CCc3c(ncn(C)c3=O)C2)C1. The molecule has 0 saturated heterocycles. The zero-order valence-electron chi connectivity index (χ0n) is 14.1. The number of hydrogen-bond donors (Lipinski definition) is 1. The highest BCUT2D eigenvalue weighted by atomic mass is 16.2. The summed E-state index contributed by atoms with van der Waals surface area (Å²) in [5.41, 5.74) is 1.47. The summed E-state index contributed by atoms with van der Waals surface area (Å²) in [6, 6.07) is 0.752. The first-order chi connectivity index (χ1) is 11.0. The molecular weight excluding hydrogens is 294 g/mol. The van der Waals surface area contributed by atoms with Crippen molar-refractivity contribution in [2.75, 3.05) is 20.6 Å². The zero-order valence-corrected chi connectivity index (χ0v) is 14.1. The molecule has 2 aliphatic rings. The Balaban J connectivity index is 1.62. The van der Waals surface area contributed by atoms with Crippen molar-refractivity contribution in [2.45, 2.75) is 44.3 Å². The Morgan fingerprint density at radius 3 is 2.87 bits per heavy atom. The van der Waals surface area contributed by atoms with E-state index in [0.717, 1.165) is 30.5 Å². The number of aryl methyl sites for hydroxylation is 1. The minimum Gasteiger partial charge on any atom is -0.335 e. The Morgan fingerprint density at radius 1 is 1.39 bits per heavy atom. The van der Waals surface area contributed by atoms with E-state index >= 15 is 0 Å². The van der Waals surface area contributed by atoms with Crippen molar-refractivity contribution in [3.05, 3.63) is 27.9 Å². The summed E-state index contributed by atoms with van der Waals surface area (Å²) in [4.78, 5) is 32.9. The molecule has 7 heteroatoms. The average Bonchev–Trinajstić information content (AvgIpc) is 2.99. The summed E-state index contributed by atoms with van der Waals surface area (Å²) in [5.74, 6) is 0. The average molecular weight is 319 g/mol. The molecule has 0 unspecified atom stereocenters. The van der Waals surface area contributed by atoms with Gasteiger partial charge in [0.1, 0.15) is 0 Å². The molecule has 0 spiro atoms. The first-order valence-corrected chi connectivity index (χ1v) is 8.21. The predicted octanol–water partition coefficient (Wildman–Crippen LogP) is 0.331. The molecule has 2 atom stereocenters. The van der Waals surface area contributed by atoms with E-state index in [-0.39, 0.29) is 17.6 Å². The molecule has 1 fully saturated rings. The van der Waals surface area contributed by atoms with Gasteiger partial charge in [0.15, 0.2) is 0 Å². The molecule has 7 nitrogen and oxygen atoms in total. The van der Waals surface area contributed by atoms with Gasteiger partial charge in [-0.25, -0.2) is 9.78 Å². The molecule has 0 radical (unpaired) electrons. The van der Waals surface area contributed by atoms with Gasteiger partial charge >= 0.3 is 6.03 Å². The number of urea groups is 1. The second-order valence-corrected chi connectivity index (χ2v) is 6.83. The van der Waals surface area contributed by atoms with Crippen molar-refractivity contribution in [1.29, 1.82) is 0 Å². The lowest BCUT2D eigenvalue weighted by Crippen LogP contribution is -2.47. The Hall–Kier alpha value is -1.89. The predicted molar refractivity (Wildman–Crippen MR) is 87.2 cm³/mol. The lowest BCUT2D eigenvalue weighted by Gasteiger charge is -2.29. The van der Waals surface area contributed by atoms with Crippen LogP contribution in [0.1, 0.15) is 30.5 Å². The molecule has 2 amide bonds. The van der Waals surface area contributed by atoms with Crippen molar-refractivity contribution >= 4 is 6.03 Å². The second kappa shape index (κ2) is 6.31. The second-order valence-electron chi connectivity index (χ2n) is 6.83. The van der Waals surface area contributed by atoms with E-state index < -0.39 is 0 Å². The number of carbonyl (C=O) groups excluding carboxylic acids is 1. The van der Waals surface area contributed by atoms with Crippen molar-refractivity contribution in [3.8, 4) is 0 Å². The summed E-state index contributed by atoms with van der Waals surface area (Å²) >= 11 is 0. The van der Waals surface area contributed by atoms with Gasteiger partial charge in [0.25, 0.3) is 5.56 Å². The van der Waals surface area contributed by atoms with E-state index in [1.54, 1.807) is 11.9 Å². The number of carbonyl (C=O) groups is 1. The van der Waals surface area contributed by atoms with Gasteiger partial charge in [0.05, 0.1) is 18.6 Å². The first kappa shape index (κ1) is 16.0. The van der Waals surface area contributed by atoms with Crippen LogP contribution in [-0.2, 0) is 20.0 Å². The first-order valence-electron chi connectivity index (χ1n) is 8.21. The lowest BCUT2D eigenvalue weighted by atomic mass is 10.1. The number of nitrogens with one attached hydrogen (secondary N) is 1. The summed E-state index contributed by atoms with van der Waals surface area (Å²) in [5, 5.41) is 3.14. The molecule has 2 heterocycles. The van der Waals surface area contributed by atoms with Gasteiger partial charge in [-0.3, -0.25) is 4.79 Å². The van der Waals surface area contributed by atoms with Crippen LogP contribution in [0.3, 0.4) is 0 Å². The van der Waals surface area contributed by atoms with Crippen molar-refractivity contribution in [3.63, 3.8) is 0 Å². The van der Waals surface area contributed by atoms with Crippen LogP contribution in [0.5, 0.6) is 0 Å². The Labute approximate surface area is 136 Å². The van der Waals surface area contributed by atoms with Crippen LogP contribution in [-0.4, -0.2) is 58.1 Å². The van der Waals surface area contributed by atoms with Gasteiger partial charge in [0, 0.05) is 31.2 Å². The fourth-order valence-corrected chi connectivity index (χ4v) is 3.51. The van der Waals surface area contributed by atoms with Crippen LogP contribution in [0.4, 0.5) is 4.79 Å². The molecule has 0 bridgehead atoms. The highest BCUT2D eigenvalue weighted by Gasteiger charge is 2.30. The molecule has 3 rings (SSSR count). The number of nitrogens with zero attached hydrogens (tertiary/aromatic N) is 4. The van der Waals surface area contributed by atoms with Crippen molar-refractivity contribution in [2.24, 2.45) is 7.05 Å². The summed E-state index contributed by atoms with van der Waals surface area (Å²) < 4.78 is 1.49. The molecule has 1 aromatic rings. The van der Waals surface area contributed by atoms with Gasteiger partial charge < -0.3 is 19.7 Å². The van der Waals surface area contributed by atoms with E-state index in [9.17, 15) is 9.59 Å². The van der Waals surface area contributed by atoms with Crippen molar-refractivity contribution in [1.82, 2.24) is 24.7 Å². The number of rotatable bonds is 2. The maximum Gasteiger partial charge on any atom is 0.317 e. The standard InChI is InChI=1S/C16H25N5O2/c1-19(2)12-5-4-11(8-12)18-16(23)21-7-6-13-14(9-21)17-10-20(3)15(13)22/h10-12H,4-9H2,1-3H3,(H,18,23)/t11-,12-/m1/s1. The van der Waals surface area contributed by atoms with Gasteiger partial charge in [-0.1, -0.05) is 0 Å². The third kappa shape index (κ3) is 3.24. The Bertz CT molecular complexity index is 654. The normalized spacial score (nSPS) is 23.9. The van der Waals surface area contributed by atoms with Crippen LogP contribution in [0.25, 0.3) is 0 Å². The van der Waals surface area contributed by atoms with Crippen molar-refractivity contribution < 1.29 is 4.79 Å². The molecule has 126 valence electrons.